The van der Waals surface area contributed by atoms with E-state index in [2.05, 4.69) is 24.3 Å². The molecule has 0 bridgehead atoms. The second-order valence-electron chi connectivity index (χ2n) is 9.44. The molecule has 0 saturated heterocycles. The van der Waals surface area contributed by atoms with Crippen LogP contribution in [0.3, 0.4) is 0 Å². The topological polar surface area (TPSA) is 47.9 Å². The van der Waals surface area contributed by atoms with Crippen molar-refractivity contribution in [2.45, 2.75) is 26.1 Å². The molecule has 4 rings (SSSR count). The zero-order valence-corrected chi connectivity index (χ0v) is 21.1. The van der Waals surface area contributed by atoms with Gasteiger partial charge in [0.2, 0.25) is 0 Å². The highest BCUT2D eigenvalue weighted by atomic mass is 19.1. The van der Waals surface area contributed by atoms with Crippen LogP contribution in [0.25, 0.3) is 0 Å². The van der Waals surface area contributed by atoms with E-state index in [0.29, 0.717) is 25.4 Å². The van der Waals surface area contributed by atoms with Gasteiger partial charge >= 0.3 is 0 Å². The lowest BCUT2D eigenvalue weighted by molar-refractivity contribution is -0.0332. The smallest absolute Gasteiger partial charge is 0.165 e. The van der Waals surface area contributed by atoms with Crippen LogP contribution in [0.5, 0.6) is 11.5 Å². The summed E-state index contributed by atoms with van der Waals surface area (Å²) in [7, 11) is 1.65. The normalized spacial score (nSPS) is 11.4. The quantitative estimate of drug-likeness (QED) is 0.221. The molecule has 0 atom stereocenters. The molecule has 0 aliphatic heterocycles. The number of methoxy groups -OCH3 is 1. The second-order valence-corrected chi connectivity index (χ2v) is 9.44. The number of phenolic OH excluding ortho intramolecular Hbond substituents is 1. The minimum Gasteiger partial charge on any atom is -0.505 e. The maximum Gasteiger partial charge on any atom is 0.165 e. The number of halogens is 1. The molecule has 5 heteroatoms. The van der Waals surface area contributed by atoms with E-state index in [-0.39, 0.29) is 17.8 Å². The Bertz CT molecular complexity index is 1190. The van der Waals surface area contributed by atoms with Gasteiger partial charge in [-0.15, -0.1) is 0 Å². The Labute approximate surface area is 218 Å². The van der Waals surface area contributed by atoms with E-state index in [1.165, 1.54) is 23.3 Å². The number of rotatable bonds is 13. The van der Waals surface area contributed by atoms with E-state index < -0.39 is 5.82 Å². The van der Waals surface area contributed by atoms with Crippen LogP contribution in [-0.2, 0) is 35.5 Å². The number of hydrogen-bond acceptors (Lipinski definition) is 4. The zero-order valence-electron chi connectivity index (χ0n) is 21.1. The Kier molecular flexibility index (Phi) is 9.30. The lowest BCUT2D eigenvalue weighted by Crippen LogP contribution is -2.37. The van der Waals surface area contributed by atoms with Gasteiger partial charge in [0.25, 0.3) is 0 Å². The number of benzene rings is 4. The van der Waals surface area contributed by atoms with Gasteiger partial charge < -0.3 is 19.3 Å². The monoisotopic (exact) mass is 500 g/mol. The molecule has 0 heterocycles. The third-order valence-corrected chi connectivity index (χ3v) is 6.37. The van der Waals surface area contributed by atoms with Crippen LogP contribution in [0.1, 0.15) is 22.3 Å². The summed E-state index contributed by atoms with van der Waals surface area (Å²) in [4.78, 5) is 0. The highest BCUT2D eigenvalue weighted by Crippen LogP contribution is 2.31. The SMILES string of the molecule is COc1ccc(COCC(COCc2ccc(O)c(F)c2)(Cc2ccccc2)Cc2ccccc2)cc1. The van der Waals surface area contributed by atoms with Crippen LogP contribution >= 0.6 is 0 Å². The fourth-order valence-corrected chi connectivity index (χ4v) is 4.50. The minimum absolute atomic E-state index is 0.237. The molecular formula is C32H33FO4. The summed E-state index contributed by atoms with van der Waals surface area (Å²) in [5.74, 6) is -0.202. The number of ether oxygens (including phenoxy) is 3. The van der Waals surface area contributed by atoms with Crippen LogP contribution < -0.4 is 4.74 Å². The van der Waals surface area contributed by atoms with E-state index in [1.807, 2.05) is 60.7 Å². The molecular weight excluding hydrogens is 467 g/mol. The summed E-state index contributed by atoms with van der Waals surface area (Å²) in [6, 6.07) is 32.9. The van der Waals surface area contributed by atoms with Gasteiger partial charge in [-0.1, -0.05) is 78.9 Å². The molecule has 0 aromatic heterocycles. The van der Waals surface area contributed by atoms with Gasteiger partial charge in [-0.25, -0.2) is 4.39 Å². The highest BCUT2D eigenvalue weighted by Gasteiger charge is 2.32. The maximum atomic E-state index is 13.9. The maximum absolute atomic E-state index is 13.9. The van der Waals surface area contributed by atoms with Gasteiger partial charge in [0, 0.05) is 5.41 Å². The van der Waals surface area contributed by atoms with Crippen LogP contribution in [0.4, 0.5) is 4.39 Å². The van der Waals surface area contributed by atoms with Crippen molar-refractivity contribution in [3.05, 3.63) is 131 Å². The van der Waals surface area contributed by atoms with Crippen molar-refractivity contribution < 1.29 is 23.7 Å². The summed E-state index contributed by atoms with van der Waals surface area (Å²) < 4.78 is 31.7. The molecule has 1 N–H and O–H groups in total. The zero-order chi connectivity index (χ0) is 25.9. The molecule has 4 aromatic carbocycles. The summed E-state index contributed by atoms with van der Waals surface area (Å²) >= 11 is 0. The summed E-state index contributed by atoms with van der Waals surface area (Å²) in [6.07, 6.45) is 1.52. The van der Waals surface area contributed by atoms with Gasteiger partial charge in [-0.3, -0.25) is 0 Å². The van der Waals surface area contributed by atoms with Crippen LogP contribution in [0, 0.1) is 11.2 Å². The molecule has 192 valence electrons. The van der Waals surface area contributed by atoms with E-state index in [9.17, 15) is 9.50 Å². The molecule has 0 spiro atoms. The summed E-state index contributed by atoms with van der Waals surface area (Å²) in [5.41, 5.74) is 3.78. The lowest BCUT2D eigenvalue weighted by atomic mass is 9.77. The van der Waals surface area contributed by atoms with Crippen molar-refractivity contribution in [3.63, 3.8) is 0 Å². The molecule has 37 heavy (non-hydrogen) atoms. The fraction of sp³-hybridized carbons (Fsp3) is 0.250. The fourth-order valence-electron chi connectivity index (χ4n) is 4.50. The average molecular weight is 501 g/mol. The molecule has 0 aliphatic rings. The average Bonchev–Trinajstić information content (AvgIpc) is 2.92. The van der Waals surface area contributed by atoms with Gasteiger partial charge in [0.1, 0.15) is 5.75 Å². The third-order valence-electron chi connectivity index (χ3n) is 6.37. The second kappa shape index (κ2) is 13.0. The first-order valence-electron chi connectivity index (χ1n) is 12.4. The predicted molar refractivity (Wildman–Crippen MR) is 143 cm³/mol. The number of hydrogen-bond donors (Lipinski definition) is 1. The summed E-state index contributed by atoms with van der Waals surface area (Å²) in [6.45, 7) is 1.61. The number of aromatic hydroxyl groups is 1. The lowest BCUT2D eigenvalue weighted by Gasteiger charge is -2.34. The third kappa shape index (κ3) is 7.91. The van der Waals surface area contributed by atoms with Crippen molar-refractivity contribution in [1.29, 1.82) is 0 Å². The van der Waals surface area contributed by atoms with Gasteiger partial charge in [0.05, 0.1) is 33.5 Å². The summed E-state index contributed by atoms with van der Waals surface area (Å²) in [5, 5.41) is 9.51. The first-order valence-corrected chi connectivity index (χ1v) is 12.4. The van der Waals surface area contributed by atoms with Gasteiger partial charge in [0.15, 0.2) is 11.6 Å². The van der Waals surface area contributed by atoms with Crippen LogP contribution in [0.15, 0.2) is 103 Å². The Morgan fingerprint density at radius 3 is 1.68 bits per heavy atom. The predicted octanol–water partition coefficient (Wildman–Crippen LogP) is 6.75. The Morgan fingerprint density at radius 2 is 1.16 bits per heavy atom. The highest BCUT2D eigenvalue weighted by molar-refractivity contribution is 5.28. The van der Waals surface area contributed by atoms with Crippen LogP contribution in [0.2, 0.25) is 0 Å². The van der Waals surface area contributed by atoms with Crippen molar-refractivity contribution in [2.75, 3.05) is 20.3 Å². The van der Waals surface area contributed by atoms with Crippen molar-refractivity contribution in [3.8, 4) is 11.5 Å². The van der Waals surface area contributed by atoms with Gasteiger partial charge in [-0.05, 0) is 59.4 Å². The molecule has 0 amide bonds. The van der Waals surface area contributed by atoms with Crippen molar-refractivity contribution >= 4 is 0 Å². The number of phenols is 1. The van der Waals surface area contributed by atoms with Crippen molar-refractivity contribution in [1.82, 2.24) is 0 Å². The standard InChI is InChI=1S/C32H33FO4/c1-35-29-15-12-27(13-16-29)21-36-23-32(19-25-8-4-2-5-9-25,20-26-10-6-3-7-11-26)24-37-22-28-14-17-31(34)30(33)18-28/h2-18,34H,19-24H2,1H3. The molecule has 0 fully saturated rings. The van der Waals surface area contributed by atoms with E-state index in [1.54, 1.807) is 13.2 Å². The molecule has 0 unspecified atom stereocenters. The van der Waals surface area contributed by atoms with E-state index in [4.69, 9.17) is 14.2 Å². The Hall–Kier alpha value is -3.67. The molecule has 0 saturated carbocycles. The molecule has 0 radical (unpaired) electrons. The van der Waals surface area contributed by atoms with Crippen molar-refractivity contribution in [2.24, 2.45) is 5.41 Å². The van der Waals surface area contributed by atoms with Crippen LogP contribution in [-0.4, -0.2) is 25.4 Å². The van der Waals surface area contributed by atoms with Gasteiger partial charge in [-0.2, -0.15) is 0 Å². The largest absolute Gasteiger partial charge is 0.505 e. The molecule has 0 aliphatic carbocycles. The molecule has 4 aromatic rings. The van der Waals surface area contributed by atoms with E-state index in [0.717, 1.165) is 24.2 Å². The minimum atomic E-state index is -0.649. The Morgan fingerprint density at radius 1 is 0.649 bits per heavy atom. The first kappa shape index (κ1) is 26.4. The Balaban J connectivity index is 1.54. The van der Waals surface area contributed by atoms with E-state index >= 15 is 0 Å². The molecule has 4 nitrogen and oxygen atoms in total. The first-order chi connectivity index (χ1) is 18.0.